The Bertz CT molecular complexity index is 387. The van der Waals surface area contributed by atoms with E-state index in [-0.39, 0.29) is 0 Å². The molecule has 0 aromatic heterocycles. The Balaban J connectivity index is 1.51. The van der Waals surface area contributed by atoms with Crippen molar-refractivity contribution in [2.45, 2.75) is 89.3 Å². The predicted molar refractivity (Wildman–Crippen MR) is 84.7 cm³/mol. The van der Waals surface area contributed by atoms with Crippen molar-refractivity contribution >= 4 is 5.71 Å². The van der Waals surface area contributed by atoms with Gasteiger partial charge in [0, 0.05) is 31.0 Å². The zero-order valence-corrected chi connectivity index (χ0v) is 13.4. The molecule has 21 heavy (non-hydrogen) atoms. The van der Waals surface area contributed by atoms with E-state index in [1.807, 2.05) is 0 Å². The average Bonchev–Trinajstić information content (AvgIpc) is 2.44. The second-order valence-corrected chi connectivity index (χ2v) is 8.43. The van der Waals surface area contributed by atoms with Crippen LogP contribution >= 0.6 is 0 Å². The van der Waals surface area contributed by atoms with Gasteiger partial charge < -0.3 is 5.21 Å². The van der Waals surface area contributed by atoms with Gasteiger partial charge in [-0.2, -0.15) is 0 Å². The van der Waals surface area contributed by atoms with Gasteiger partial charge in [-0.05, 0) is 62.7 Å². The molecule has 2 saturated carbocycles. The molecule has 1 N–H and O–H groups in total. The van der Waals surface area contributed by atoms with Gasteiger partial charge in [-0.25, -0.2) is 0 Å². The molecule has 4 bridgehead atoms. The molecule has 2 aliphatic carbocycles. The molecule has 4 rings (SSSR count). The summed E-state index contributed by atoms with van der Waals surface area (Å²) in [6.45, 7) is 2.46. The highest BCUT2D eigenvalue weighted by Crippen LogP contribution is 2.46. The largest absolute Gasteiger partial charge is 0.411 e. The molecule has 118 valence electrons. The van der Waals surface area contributed by atoms with Crippen LogP contribution in [-0.4, -0.2) is 33.9 Å². The van der Waals surface area contributed by atoms with Crippen LogP contribution < -0.4 is 0 Å². The average molecular weight is 290 g/mol. The molecule has 2 heterocycles. The van der Waals surface area contributed by atoms with Crippen molar-refractivity contribution in [3.05, 3.63) is 0 Å². The van der Waals surface area contributed by atoms with E-state index in [4.69, 9.17) is 0 Å². The highest BCUT2D eigenvalue weighted by molar-refractivity contribution is 5.86. The van der Waals surface area contributed by atoms with Crippen LogP contribution in [0.25, 0.3) is 0 Å². The van der Waals surface area contributed by atoms with E-state index >= 15 is 0 Å². The lowest BCUT2D eigenvalue weighted by atomic mass is 9.65. The van der Waals surface area contributed by atoms with E-state index in [1.165, 1.54) is 51.4 Å². The Morgan fingerprint density at radius 2 is 1.52 bits per heavy atom. The lowest BCUT2D eigenvalue weighted by Crippen LogP contribution is -2.58. The van der Waals surface area contributed by atoms with Crippen molar-refractivity contribution < 1.29 is 5.21 Å². The molecule has 3 nitrogen and oxygen atoms in total. The molecule has 2 saturated heterocycles. The molecule has 0 aromatic rings. The zero-order chi connectivity index (χ0) is 14.4. The molecule has 2 aliphatic heterocycles. The number of hydrogen-bond acceptors (Lipinski definition) is 3. The summed E-state index contributed by atoms with van der Waals surface area (Å²) in [6, 6.07) is 2.17. The minimum Gasteiger partial charge on any atom is -0.411 e. The molecule has 0 aromatic carbocycles. The third kappa shape index (κ3) is 2.62. The first-order valence-electron chi connectivity index (χ1n) is 9.20. The summed E-state index contributed by atoms with van der Waals surface area (Å²) >= 11 is 0. The van der Waals surface area contributed by atoms with E-state index in [0.717, 1.165) is 42.3 Å². The second-order valence-electron chi connectivity index (χ2n) is 8.43. The van der Waals surface area contributed by atoms with Crippen molar-refractivity contribution in [2.24, 2.45) is 22.9 Å². The summed E-state index contributed by atoms with van der Waals surface area (Å²) in [4.78, 5) is 2.90. The zero-order valence-electron chi connectivity index (χ0n) is 13.4. The summed E-state index contributed by atoms with van der Waals surface area (Å²) in [5.41, 5.74) is 1.06. The van der Waals surface area contributed by atoms with E-state index in [1.54, 1.807) is 0 Å². The Morgan fingerprint density at radius 1 is 0.905 bits per heavy atom. The standard InChI is InChI=1S/C18H30N2O/c1-12-5-13-7-14(6-12)9-18(8-13)20-16-3-2-4-17(20)11-15(10-16)19-21/h12-14,16-18,21H,2-11H2,1H3/t12-,13-,14+,16?,17?,18-. The third-order valence-corrected chi connectivity index (χ3v) is 6.77. The summed E-state index contributed by atoms with van der Waals surface area (Å²) < 4.78 is 0. The Morgan fingerprint density at radius 3 is 2.10 bits per heavy atom. The Labute approximate surface area is 128 Å². The van der Waals surface area contributed by atoms with Crippen LogP contribution in [0.15, 0.2) is 5.16 Å². The topological polar surface area (TPSA) is 35.8 Å². The van der Waals surface area contributed by atoms with Gasteiger partial charge >= 0.3 is 0 Å². The van der Waals surface area contributed by atoms with Crippen molar-refractivity contribution in [3.8, 4) is 0 Å². The number of hydrogen-bond donors (Lipinski definition) is 1. The maximum atomic E-state index is 9.17. The van der Waals surface area contributed by atoms with Crippen LogP contribution in [0.1, 0.15) is 71.1 Å². The molecule has 3 heteroatoms. The summed E-state index contributed by atoms with van der Waals surface area (Å²) in [5.74, 6) is 2.95. The van der Waals surface area contributed by atoms with E-state index in [9.17, 15) is 5.21 Å². The third-order valence-electron chi connectivity index (χ3n) is 6.77. The number of piperidine rings is 2. The van der Waals surface area contributed by atoms with Gasteiger partial charge in [0.25, 0.3) is 0 Å². The first kappa shape index (κ1) is 14.0. The summed E-state index contributed by atoms with van der Waals surface area (Å²) in [5, 5.41) is 12.7. The second kappa shape index (κ2) is 5.57. The highest BCUT2D eigenvalue weighted by atomic mass is 16.4. The molecule has 2 unspecified atom stereocenters. The van der Waals surface area contributed by atoms with E-state index in [2.05, 4.69) is 17.0 Å². The maximum Gasteiger partial charge on any atom is 0.0601 e. The fourth-order valence-electron chi connectivity index (χ4n) is 6.30. The first-order chi connectivity index (χ1) is 10.2. The van der Waals surface area contributed by atoms with Crippen LogP contribution in [0.2, 0.25) is 0 Å². The number of oxime groups is 1. The van der Waals surface area contributed by atoms with E-state index in [0.29, 0.717) is 12.1 Å². The minimum absolute atomic E-state index is 0.671. The van der Waals surface area contributed by atoms with Gasteiger partial charge in [-0.3, -0.25) is 4.90 Å². The van der Waals surface area contributed by atoms with E-state index < -0.39 is 0 Å². The van der Waals surface area contributed by atoms with Gasteiger partial charge in [-0.15, -0.1) is 0 Å². The molecule has 4 fully saturated rings. The fraction of sp³-hybridized carbons (Fsp3) is 0.944. The van der Waals surface area contributed by atoms with Gasteiger partial charge in [0.15, 0.2) is 0 Å². The van der Waals surface area contributed by atoms with Crippen LogP contribution in [0.4, 0.5) is 0 Å². The van der Waals surface area contributed by atoms with Crippen molar-refractivity contribution in [3.63, 3.8) is 0 Å². The van der Waals surface area contributed by atoms with Gasteiger partial charge in [0.05, 0.1) is 5.71 Å². The molecule has 4 aliphatic rings. The maximum absolute atomic E-state index is 9.17. The quantitative estimate of drug-likeness (QED) is 0.584. The molecular formula is C18H30N2O. The van der Waals surface area contributed by atoms with Crippen LogP contribution in [0, 0.1) is 17.8 Å². The minimum atomic E-state index is 0.671. The lowest BCUT2D eigenvalue weighted by Gasteiger charge is -2.54. The normalized spacial score (nSPS) is 47.2. The smallest absolute Gasteiger partial charge is 0.0601 e. The fourth-order valence-corrected chi connectivity index (χ4v) is 6.30. The van der Waals surface area contributed by atoms with Crippen LogP contribution in [0.3, 0.4) is 0 Å². The molecular weight excluding hydrogens is 260 g/mol. The van der Waals surface area contributed by atoms with Gasteiger partial charge in [0.2, 0.25) is 0 Å². The van der Waals surface area contributed by atoms with Gasteiger partial charge in [0.1, 0.15) is 0 Å². The SMILES string of the molecule is C[C@@H]1C[C@@H]2C[C@H](C1)C[C@H](N1C3CCCC1CC(=NO)C3)C2. The van der Waals surface area contributed by atoms with Crippen molar-refractivity contribution in [1.82, 2.24) is 4.90 Å². The monoisotopic (exact) mass is 290 g/mol. The number of rotatable bonds is 1. The Hall–Kier alpha value is -0.570. The van der Waals surface area contributed by atoms with Gasteiger partial charge in [-0.1, -0.05) is 18.5 Å². The molecule has 0 spiro atoms. The lowest BCUT2D eigenvalue weighted by molar-refractivity contribution is -0.0212. The molecule has 0 radical (unpaired) electrons. The first-order valence-corrected chi connectivity index (χ1v) is 9.20. The van der Waals surface area contributed by atoms with Crippen molar-refractivity contribution in [2.75, 3.05) is 0 Å². The van der Waals surface area contributed by atoms with Crippen LogP contribution in [0.5, 0.6) is 0 Å². The molecule has 6 atom stereocenters. The summed E-state index contributed by atoms with van der Waals surface area (Å²) in [6.07, 6.45) is 13.4. The predicted octanol–water partition coefficient (Wildman–Crippen LogP) is 4.05. The van der Waals surface area contributed by atoms with Crippen molar-refractivity contribution in [1.29, 1.82) is 0 Å². The number of fused-ring (bicyclic) bond motifs is 4. The Kier molecular flexibility index (Phi) is 3.72. The molecule has 0 amide bonds. The number of nitrogens with zero attached hydrogens (tertiary/aromatic N) is 2. The van der Waals surface area contributed by atoms with Crippen LogP contribution in [-0.2, 0) is 0 Å². The highest BCUT2D eigenvalue weighted by Gasteiger charge is 2.44. The summed E-state index contributed by atoms with van der Waals surface area (Å²) in [7, 11) is 0.